The number of hydrogen-bond donors (Lipinski definition) is 0. The number of ketones is 1. The first-order valence-electron chi connectivity index (χ1n) is 11.1. The highest BCUT2D eigenvalue weighted by Crippen LogP contribution is 2.28. The molecule has 0 saturated carbocycles. The molecule has 0 aromatic heterocycles. The number of nitrogens with zero attached hydrogens (tertiary/aromatic N) is 1. The molecule has 32 heavy (non-hydrogen) atoms. The number of carbonyl (C=O) groups is 1. The lowest BCUT2D eigenvalue weighted by molar-refractivity contribution is 0.0821. The molecular weight excluding hydrogens is 408 g/mol. The molecular formula is C27H27F2NO2. The van der Waals surface area contributed by atoms with E-state index in [1.165, 1.54) is 18.2 Å². The van der Waals surface area contributed by atoms with Crippen LogP contribution in [0.25, 0.3) is 0 Å². The first kappa shape index (κ1) is 22.2. The number of hydrogen-bond acceptors (Lipinski definition) is 3. The quantitative estimate of drug-likeness (QED) is 0.402. The number of carbonyl (C=O) groups excluding carboxylic acids is 1. The summed E-state index contributed by atoms with van der Waals surface area (Å²) in [6.45, 7) is 2.43. The van der Waals surface area contributed by atoms with Crippen molar-refractivity contribution in [3.05, 3.63) is 102 Å². The summed E-state index contributed by atoms with van der Waals surface area (Å²) in [6, 6.07) is 22.1. The van der Waals surface area contributed by atoms with E-state index in [4.69, 9.17) is 4.74 Å². The summed E-state index contributed by atoms with van der Waals surface area (Å²) < 4.78 is 33.3. The van der Waals surface area contributed by atoms with Crippen molar-refractivity contribution in [3.8, 4) is 5.75 Å². The molecule has 3 nitrogen and oxygen atoms in total. The van der Waals surface area contributed by atoms with Crippen LogP contribution in [-0.4, -0.2) is 30.3 Å². The van der Waals surface area contributed by atoms with Gasteiger partial charge < -0.3 is 9.64 Å². The van der Waals surface area contributed by atoms with E-state index >= 15 is 0 Å². The van der Waals surface area contributed by atoms with E-state index in [1.807, 2.05) is 30.3 Å². The Balaban J connectivity index is 1.34. The van der Waals surface area contributed by atoms with E-state index < -0.39 is 0 Å². The first-order chi connectivity index (χ1) is 15.6. The molecule has 0 aliphatic carbocycles. The van der Waals surface area contributed by atoms with E-state index in [1.54, 1.807) is 30.3 Å². The van der Waals surface area contributed by atoms with Crippen molar-refractivity contribution in [1.29, 1.82) is 0 Å². The summed E-state index contributed by atoms with van der Waals surface area (Å²) in [5, 5.41) is 0. The molecule has 4 rings (SSSR count). The Morgan fingerprint density at radius 2 is 1.56 bits per heavy atom. The number of piperidine rings is 1. The second-order valence-corrected chi connectivity index (χ2v) is 8.22. The van der Waals surface area contributed by atoms with Crippen LogP contribution in [0.1, 0.15) is 41.3 Å². The molecule has 1 heterocycles. The summed E-state index contributed by atoms with van der Waals surface area (Å²) in [5.74, 6) is -0.383. The fourth-order valence-electron chi connectivity index (χ4n) is 4.22. The van der Waals surface area contributed by atoms with Crippen LogP contribution in [0.2, 0.25) is 0 Å². The third-order valence-electron chi connectivity index (χ3n) is 6.07. The van der Waals surface area contributed by atoms with Crippen molar-refractivity contribution in [3.63, 3.8) is 0 Å². The van der Waals surface area contributed by atoms with Gasteiger partial charge in [-0.2, -0.15) is 0 Å². The largest absolute Gasteiger partial charge is 0.483 e. The Kier molecular flexibility index (Phi) is 7.28. The molecule has 5 heteroatoms. The van der Waals surface area contributed by atoms with Gasteiger partial charge in [0.15, 0.2) is 17.3 Å². The Bertz CT molecular complexity index is 1020. The van der Waals surface area contributed by atoms with Gasteiger partial charge >= 0.3 is 0 Å². The monoisotopic (exact) mass is 435 g/mol. The zero-order valence-electron chi connectivity index (χ0n) is 17.9. The minimum Gasteiger partial charge on any atom is -0.483 e. The lowest BCUT2D eigenvalue weighted by Gasteiger charge is -2.32. The maximum absolute atomic E-state index is 14.2. The van der Waals surface area contributed by atoms with Crippen LogP contribution in [0, 0.1) is 17.6 Å². The highest BCUT2D eigenvalue weighted by atomic mass is 19.1. The predicted octanol–water partition coefficient (Wildman–Crippen LogP) is 6.07. The van der Waals surface area contributed by atoms with Crippen LogP contribution < -0.4 is 4.74 Å². The van der Waals surface area contributed by atoms with E-state index in [2.05, 4.69) is 4.90 Å². The molecule has 166 valence electrons. The molecule has 1 fully saturated rings. The first-order valence-corrected chi connectivity index (χ1v) is 11.1. The Labute approximate surface area is 187 Å². The van der Waals surface area contributed by atoms with Gasteiger partial charge in [-0.05, 0) is 67.9 Å². The van der Waals surface area contributed by atoms with Crippen molar-refractivity contribution in [2.24, 2.45) is 5.92 Å². The fraction of sp³-hybridized carbons (Fsp3) is 0.296. The van der Waals surface area contributed by atoms with Crippen LogP contribution >= 0.6 is 0 Å². The number of likely N-dealkylation sites (tertiary alicyclic amines) is 1. The van der Waals surface area contributed by atoms with E-state index in [0.29, 0.717) is 5.56 Å². The predicted molar refractivity (Wildman–Crippen MR) is 121 cm³/mol. The van der Waals surface area contributed by atoms with Crippen molar-refractivity contribution in [2.75, 3.05) is 19.6 Å². The summed E-state index contributed by atoms with van der Waals surface area (Å²) in [6.07, 6.45) is 2.02. The van der Waals surface area contributed by atoms with Gasteiger partial charge in [0.2, 0.25) is 0 Å². The molecule has 0 bridgehead atoms. The maximum Gasteiger partial charge on any atom is 0.166 e. The second-order valence-electron chi connectivity index (χ2n) is 8.22. The van der Waals surface area contributed by atoms with Gasteiger partial charge in [-0.3, -0.25) is 4.79 Å². The van der Waals surface area contributed by atoms with Crippen LogP contribution in [0.5, 0.6) is 5.75 Å². The third kappa shape index (κ3) is 5.60. The highest BCUT2D eigenvalue weighted by molar-refractivity contribution is 5.97. The molecule has 1 aliphatic rings. The van der Waals surface area contributed by atoms with Crippen LogP contribution in [-0.2, 0) is 0 Å². The number of para-hydroxylation sites is 1. The molecule has 3 aromatic rings. The van der Waals surface area contributed by atoms with Gasteiger partial charge in [0.1, 0.15) is 11.9 Å². The molecule has 0 amide bonds. The fourth-order valence-corrected chi connectivity index (χ4v) is 4.22. The second kappa shape index (κ2) is 10.5. The zero-order chi connectivity index (χ0) is 22.3. The average Bonchev–Trinajstić information content (AvgIpc) is 2.84. The average molecular weight is 436 g/mol. The van der Waals surface area contributed by atoms with Gasteiger partial charge in [-0.15, -0.1) is 0 Å². The summed E-state index contributed by atoms with van der Waals surface area (Å²) in [7, 11) is 0. The summed E-state index contributed by atoms with van der Waals surface area (Å²) in [5.41, 5.74) is 1.59. The molecule has 0 N–H and O–H groups in total. The van der Waals surface area contributed by atoms with Gasteiger partial charge in [0.25, 0.3) is 0 Å². The third-order valence-corrected chi connectivity index (χ3v) is 6.07. The zero-order valence-corrected chi connectivity index (χ0v) is 17.9. The van der Waals surface area contributed by atoms with E-state index in [-0.39, 0.29) is 35.2 Å². The number of Topliss-reactive ketones (excluding diaryl/α,β-unsaturated/α-hetero) is 1. The van der Waals surface area contributed by atoms with Crippen molar-refractivity contribution in [1.82, 2.24) is 4.90 Å². The van der Waals surface area contributed by atoms with Gasteiger partial charge in [-0.25, -0.2) is 8.78 Å². The molecule has 1 unspecified atom stereocenters. The van der Waals surface area contributed by atoms with Gasteiger partial charge in [-0.1, -0.05) is 42.5 Å². The summed E-state index contributed by atoms with van der Waals surface area (Å²) >= 11 is 0. The van der Waals surface area contributed by atoms with Crippen molar-refractivity contribution < 1.29 is 18.3 Å². The van der Waals surface area contributed by atoms with Gasteiger partial charge in [0, 0.05) is 24.4 Å². The molecule has 1 aliphatic heterocycles. The maximum atomic E-state index is 14.2. The normalized spacial score (nSPS) is 15.9. The van der Waals surface area contributed by atoms with E-state index in [9.17, 15) is 13.6 Å². The highest BCUT2D eigenvalue weighted by Gasteiger charge is 2.26. The Morgan fingerprint density at radius 3 is 2.25 bits per heavy atom. The number of benzene rings is 3. The minimum absolute atomic E-state index is 0.0312. The van der Waals surface area contributed by atoms with E-state index in [0.717, 1.165) is 44.5 Å². The lowest BCUT2D eigenvalue weighted by atomic mass is 9.88. The van der Waals surface area contributed by atoms with Crippen LogP contribution in [0.3, 0.4) is 0 Å². The minimum atomic E-state index is -0.367. The van der Waals surface area contributed by atoms with Crippen molar-refractivity contribution in [2.45, 2.75) is 25.4 Å². The summed E-state index contributed by atoms with van der Waals surface area (Å²) in [4.78, 5) is 15.0. The molecule has 0 spiro atoms. The van der Waals surface area contributed by atoms with Gasteiger partial charge in [0.05, 0.1) is 0 Å². The topological polar surface area (TPSA) is 29.5 Å². The molecule has 0 radical (unpaired) electrons. The molecule has 1 saturated heterocycles. The van der Waals surface area contributed by atoms with Crippen molar-refractivity contribution >= 4 is 5.78 Å². The molecule has 1 atom stereocenters. The Morgan fingerprint density at radius 1 is 0.906 bits per heavy atom. The van der Waals surface area contributed by atoms with Crippen LogP contribution in [0.15, 0.2) is 78.9 Å². The SMILES string of the molecule is O=C(c1ccc(F)cc1)C1CCN(CCC(Oc2ccccc2F)c2ccccc2)CC1. The number of halogens is 2. The lowest BCUT2D eigenvalue weighted by Crippen LogP contribution is -2.37. The number of ether oxygens (including phenoxy) is 1. The smallest absolute Gasteiger partial charge is 0.166 e. The molecule has 3 aromatic carbocycles. The standard InChI is InChI=1S/C27H27F2NO2/c28-23-12-10-21(11-13-23)27(31)22-14-17-30(18-15-22)19-16-25(20-6-2-1-3-7-20)32-26-9-5-4-8-24(26)29/h1-13,22,25H,14-19H2. The number of rotatable bonds is 8. The Hall–Kier alpha value is -3.05. The van der Waals surface area contributed by atoms with Crippen LogP contribution in [0.4, 0.5) is 8.78 Å².